The number of nitrogens with zero attached hydrogens (tertiary/aromatic N) is 4. The summed E-state index contributed by atoms with van der Waals surface area (Å²) in [6.45, 7) is 2.14. The number of aromatic nitrogens is 4. The highest BCUT2D eigenvalue weighted by Crippen LogP contribution is 2.33. The maximum Gasteiger partial charge on any atom is 0.223 e. The van der Waals surface area contributed by atoms with Crippen LogP contribution in [0.3, 0.4) is 0 Å². The first kappa shape index (κ1) is 19.5. The zero-order chi connectivity index (χ0) is 20.2. The lowest BCUT2D eigenvalue weighted by molar-refractivity contribution is 0.266. The van der Waals surface area contributed by atoms with Crippen LogP contribution in [0.1, 0.15) is 26.2 Å². The van der Waals surface area contributed by atoms with Gasteiger partial charge in [-0.25, -0.2) is 19.3 Å². The minimum Gasteiger partial charge on any atom is -0.394 e. The van der Waals surface area contributed by atoms with Crippen LogP contribution in [-0.4, -0.2) is 37.1 Å². The molecular formula is C21H22FN5OS. The zero-order valence-corrected chi connectivity index (χ0v) is 16.9. The van der Waals surface area contributed by atoms with Crippen LogP contribution in [0.15, 0.2) is 48.1 Å². The van der Waals surface area contributed by atoms with Crippen molar-refractivity contribution >= 4 is 22.2 Å². The van der Waals surface area contributed by atoms with Crippen molar-refractivity contribution in [2.24, 2.45) is 0 Å². The lowest BCUT2D eigenvalue weighted by Gasteiger charge is -2.16. The van der Waals surface area contributed by atoms with E-state index in [9.17, 15) is 9.50 Å². The Kier molecular flexibility index (Phi) is 5.82. The van der Waals surface area contributed by atoms with Crippen molar-refractivity contribution in [1.29, 1.82) is 0 Å². The number of imidazole rings is 1. The Morgan fingerprint density at radius 3 is 2.79 bits per heavy atom. The molecule has 0 radical (unpaired) electrons. The van der Waals surface area contributed by atoms with Crippen LogP contribution in [0.2, 0.25) is 0 Å². The van der Waals surface area contributed by atoms with E-state index in [1.54, 1.807) is 18.3 Å². The molecule has 2 N–H and O–H groups in total. The minimum absolute atomic E-state index is 0.0237. The summed E-state index contributed by atoms with van der Waals surface area (Å²) in [6.07, 6.45) is 6.57. The lowest BCUT2D eigenvalue weighted by atomic mass is 10.1. The first-order chi connectivity index (χ1) is 14.2. The summed E-state index contributed by atoms with van der Waals surface area (Å²) < 4.78 is 15.4. The van der Waals surface area contributed by atoms with Gasteiger partial charge >= 0.3 is 0 Å². The molecule has 0 saturated heterocycles. The van der Waals surface area contributed by atoms with Crippen molar-refractivity contribution in [1.82, 2.24) is 19.4 Å². The maximum atomic E-state index is 13.4. The lowest BCUT2D eigenvalue weighted by Crippen LogP contribution is -2.24. The average Bonchev–Trinajstić information content (AvgIpc) is 3.33. The largest absolute Gasteiger partial charge is 0.394 e. The van der Waals surface area contributed by atoms with Gasteiger partial charge in [-0.3, -0.25) is 4.40 Å². The highest BCUT2D eigenvalue weighted by Gasteiger charge is 2.19. The smallest absolute Gasteiger partial charge is 0.223 e. The van der Waals surface area contributed by atoms with E-state index < -0.39 is 0 Å². The first-order valence-electron chi connectivity index (χ1n) is 9.62. The zero-order valence-electron chi connectivity index (χ0n) is 16.0. The summed E-state index contributed by atoms with van der Waals surface area (Å²) in [5.74, 6) is 0.180. The van der Waals surface area contributed by atoms with Gasteiger partial charge in [0.05, 0.1) is 24.0 Å². The second-order valence-electron chi connectivity index (χ2n) is 6.80. The fourth-order valence-corrected chi connectivity index (χ4v) is 3.96. The molecular weight excluding hydrogens is 389 g/mol. The Morgan fingerprint density at radius 1 is 1.21 bits per heavy atom. The fraction of sp³-hybridized carbons (Fsp3) is 0.286. The number of thiazole rings is 1. The number of hydrogen-bond acceptors (Lipinski definition) is 6. The van der Waals surface area contributed by atoms with Crippen molar-refractivity contribution in [3.05, 3.63) is 53.9 Å². The third-order valence-electron chi connectivity index (χ3n) is 4.74. The molecule has 4 rings (SSSR count). The SMILES string of the molecule is CCCC[C@@H](CO)Nc1nccc(-c2c(-c3ccc(F)cc3)nc3sccn23)n1. The van der Waals surface area contributed by atoms with Gasteiger partial charge in [-0.05, 0) is 36.8 Å². The number of aliphatic hydroxyl groups is 1. The van der Waals surface area contributed by atoms with Gasteiger partial charge < -0.3 is 10.4 Å². The molecule has 6 nitrogen and oxygen atoms in total. The Hall–Kier alpha value is -2.84. The van der Waals surface area contributed by atoms with Gasteiger partial charge in [-0.15, -0.1) is 11.3 Å². The summed E-state index contributed by atoms with van der Waals surface area (Å²) in [4.78, 5) is 14.6. The van der Waals surface area contributed by atoms with Crippen molar-refractivity contribution < 1.29 is 9.50 Å². The summed E-state index contributed by atoms with van der Waals surface area (Å²) in [5, 5.41) is 14.8. The standard InChI is InChI=1S/C21H22FN5OS/c1-2-3-4-16(13-28)24-20-23-10-9-17(25-20)19-18(14-5-7-15(22)8-6-14)26-21-27(19)11-12-29-21/h5-12,16,28H,2-4,13H2,1H3,(H,23,24,25)/t16-/m0/s1. The van der Waals surface area contributed by atoms with Crippen molar-refractivity contribution in [3.8, 4) is 22.6 Å². The molecule has 8 heteroatoms. The van der Waals surface area contributed by atoms with Crippen LogP contribution in [-0.2, 0) is 0 Å². The number of hydrogen-bond donors (Lipinski definition) is 2. The molecule has 4 aromatic rings. The van der Waals surface area contributed by atoms with Crippen LogP contribution in [0.25, 0.3) is 27.6 Å². The van der Waals surface area contributed by atoms with Gasteiger partial charge in [0, 0.05) is 23.3 Å². The Balaban J connectivity index is 1.74. The van der Waals surface area contributed by atoms with E-state index in [0.29, 0.717) is 11.6 Å². The topological polar surface area (TPSA) is 75.3 Å². The summed E-state index contributed by atoms with van der Waals surface area (Å²) in [6, 6.07) is 8.04. The number of fused-ring (bicyclic) bond motifs is 1. The third kappa shape index (κ3) is 4.13. The number of halogens is 1. The van der Waals surface area contributed by atoms with E-state index in [1.165, 1.54) is 23.5 Å². The van der Waals surface area contributed by atoms with Gasteiger partial charge in [-0.2, -0.15) is 0 Å². The number of rotatable bonds is 8. The quantitative estimate of drug-likeness (QED) is 0.442. The second kappa shape index (κ2) is 8.67. The summed E-state index contributed by atoms with van der Waals surface area (Å²) >= 11 is 1.53. The van der Waals surface area contributed by atoms with Gasteiger partial charge in [-0.1, -0.05) is 19.8 Å². The van der Waals surface area contributed by atoms with E-state index in [0.717, 1.165) is 41.2 Å². The molecule has 0 amide bonds. The number of aliphatic hydroxyl groups excluding tert-OH is 1. The van der Waals surface area contributed by atoms with Crippen LogP contribution in [0, 0.1) is 5.82 Å². The molecule has 0 aliphatic heterocycles. The van der Waals surface area contributed by atoms with Gasteiger partial charge in [0.25, 0.3) is 0 Å². The average molecular weight is 412 g/mol. The van der Waals surface area contributed by atoms with Crippen LogP contribution in [0.4, 0.5) is 10.3 Å². The van der Waals surface area contributed by atoms with E-state index in [1.807, 2.05) is 22.0 Å². The molecule has 1 atom stereocenters. The summed E-state index contributed by atoms with van der Waals surface area (Å²) in [7, 11) is 0. The molecule has 0 aliphatic carbocycles. The van der Waals surface area contributed by atoms with E-state index in [4.69, 9.17) is 4.98 Å². The Labute approximate surface area is 172 Å². The molecule has 29 heavy (non-hydrogen) atoms. The van der Waals surface area contributed by atoms with Crippen molar-refractivity contribution in [3.63, 3.8) is 0 Å². The summed E-state index contributed by atoms with van der Waals surface area (Å²) in [5.41, 5.74) is 3.10. The maximum absolute atomic E-state index is 13.4. The minimum atomic E-state index is -0.285. The number of nitrogens with one attached hydrogen (secondary N) is 1. The fourth-order valence-electron chi connectivity index (χ4n) is 3.24. The third-order valence-corrected chi connectivity index (χ3v) is 5.49. The van der Waals surface area contributed by atoms with Crippen molar-refractivity contribution in [2.75, 3.05) is 11.9 Å². The van der Waals surface area contributed by atoms with E-state index in [2.05, 4.69) is 22.2 Å². The molecule has 0 fully saturated rings. The molecule has 0 spiro atoms. The monoisotopic (exact) mass is 411 g/mol. The molecule has 0 bridgehead atoms. The molecule has 0 saturated carbocycles. The first-order valence-corrected chi connectivity index (χ1v) is 10.5. The van der Waals surface area contributed by atoms with Crippen LogP contribution < -0.4 is 5.32 Å². The van der Waals surface area contributed by atoms with Crippen molar-refractivity contribution in [2.45, 2.75) is 32.2 Å². The molecule has 1 aromatic carbocycles. The Morgan fingerprint density at radius 2 is 2.03 bits per heavy atom. The molecule has 150 valence electrons. The van der Waals surface area contributed by atoms with E-state index >= 15 is 0 Å². The molecule has 3 aromatic heterocycles. The van der Waals surface area contributed by atoms with Gasteiger partial charge in [0.1, 0.15) is 11.5 Å². The van der Waals surface area contributed by atoms with E-state index in [-0.39, 0.29) is 18.5 Å². The molecule has 0 unspecified atom stereocenters. The normalized spacial score (nSPS) is 12.4. The highest BCUT2D eigenvalue weighted by molar-refractivity contribution is 7.15. The van der Waals surface area contributed by atoms with Crippen LogP contribution in [0.5, 0.6) is 0 Å². The number of anilines is 1. The predicted molar refractivity (Wildman–Crippen MR) is 114 cm³/mol. The number of unbranched alkanes of at least 4 members (excludes halogenated alkanes) is 1. The Bertz CT molecular complexity index is 1090. The predicted octanol–water partition coefficient (Wildman–Crippen LogP) is 4.62. The second-order valence-corrected chi connectivity index (χ2v) is 7.68. The highest BCUT2D eigenvalue weighted by atomic mass is 32.1. The van der Waals surface area contributed by atoms with Gasteiger partial charge in [0.15, 0.2) is 4.96 Å². The molecule has 0 aliphatic rings. The van der Waals surface area contributed by atoms with Crippen LogP contribution >= 0.6 is 11.3 Å². The number of benzene rings is 1. The van der Waals surface area contributed by atoms with Gasteiger partial charge in [0.2, 0.25) is 5.95 Å². The molecule has 3 heterocycles.